The van der Waals surface area contributed by atoms with Crippen LogP contribution in [0.1, 0.15) is 27.5 Å². The number of rotatable bonds is 7. The number of ketones is 1. The number of hydrogen-bond acceptors (Lipinski definition) is 8. The summed E-state index contributed by atoms with van der Waals surface area (Å²) in [5, 5.41) is 21.4. The molecule has 1 amide bonds. The molecular formula is C24H26N2O7. The average Bonchev–Trinajstić information content (AvgIpc) is 3.06. The Morgan fingerprint density at radius 3 is 2.30 bits per heavy atom. The minimum atomic E-state index is -0.904. The van der Waals surface area contributed by atoms with Gasteiger partial charge in [0, 0.05) is 19.2 Å². The van der Waals surface area contributed by atoms with Crippen molar-refractivity contribution in [3.63, 3.8) is 0 Å². The molecule has 0 unspecified atom stereocenters. The Bertz CT molecular complexity index is 1110. The lowest BCUT2D eigenvalue weighted by molar-refractivity contribution is -0.140. The zero-order valence-electron chi connectivity index (χ0n) is 18.9. The molecule has 0 spiro atoms. The molecule has 9 nitrogen and oxygen atoms in total. The lowest BCUT2D eigenvalue weighted by Crippen LogP contribution is -2.35. The molecular weight excluding hydrogens is 428 g/mol. The topological polar surface area (TPSA) is 117 Å². The van der Waals surface area contributed by atoms with Crippen molar-refractivity contribution in [1.82, 2.24) is 9.80 Å². The number of likely N-dealkylation sites (N-methyl/N-ethyl adjacent to an activating group) is 1. The maximum absolute atomic E-state index is 13.0. The fraction of sp³-hybridized carbons (Fsp3) is 0.292. The molecule has 2 N–H and O–H groups in total. The van der Waals surface area contributed by atoms with E-state index in [1.54, 1.807) is 12.1 Å². The smallest absolute Gasteiger partial charge is 0.337 e. The number of hydrogen-bond donors (Lipinski definition) is 2. The number of Topliss-reactive ketones (excluding diaryl/α,β-unsaturated/α-hetero) is 1. The molecule has 3 rings (SSSR count). The summed E-state index contributed by atoms with van der Waals surface area (Å²) in [4.78, 5) is 41.0. The number of aliphatic hydroxyl groups is 1. The molecule has 0 saturated carbocycles. The van der Waals surface area contributed by atoms with Crippen LogP contribution in [-0.4, -0.2) is 79.1 Å². The van der Waals surface area contributed by atoms with Gasteiger partial charge in [0.2, 0.25) is 0 Å². The van der Waals surface area contributed by atoms with Gasteiger partial charge in [-0.3, -0.25) is 9.59 Å². The van der Waals surface area contributed by atoms with E-state index in [1.165, 1.54) is 49.5 Å². The van der Waals surface area contributed by atoms with E-state index in [0.29, 0.717) is 23.4 Å². The number of carbonyl (C=O) groups excluding carboxylic acids is 3. The highest BCUT2D eigenvalue weighted by Gasteiger charge is 2.46. The van der Waals surface area contributed by atoms with E-state index >= 15 is 0 Å². The Morgan fingerprint density at radius 2 is 1.76 bits per heavy atom. The third kappa shape index (κ3) is 4.68. The summed E-state index contributed by atoms with van der Waals surface area (Å²) in [6.45, 7) is 0.712. The van der Waals surface area contributed by atoms with Crippen LogP contribution in [-0.2, 0) is 14.3 Å². The van der Waals surface area contributed by atoms with E-state index in [9.17, 15) is 24.6 Å². The van der Waals surface area contributed by atoms with E-state index in [4.69, 9.17) is 9.47 Å². The van der Waals surface area contributed by atoms with E-state index in [1.807, 2.05) is 19.0 Å². The summed E-state index contributed by atoms with van der Waals surface area (Å²) in [5.41, 5.74) is 0.678. The Morgan fingerprint density at radius 1 is 1.09 bits per heavy atom. The fourth-order valence-corrected chi connectivity index (χ4v) is 3.67. The predicted octanol–water partition coefficient (Wildman–Crippen LogP) is 2.17. The highest BCUT2D eigenvalue weighted by atomic mass is 16.5. The Balaban J connectivity index is 2.15. The van der Waals surface area contributed by atoms with Crippen molar-refractivity contribution < 1.29 is 34.1 Å². The van der Waals surface area contributed by atoms with Gasteiger partial charge in [-0.1, -0.05) is 12.1 Å². The standard InChI is InChI=1S/C24H26N2O7/c1-25(2)11-12-26-20(14-5-7-15(8-6-14)24(31)33-4)19(22(29)23(26)30)21(28)17-10-9-16(32-3)13-18(17)27/h5-10,13,20,27-28H,11-12H2,1-4H3/t20-/m0/s1. The normalized spacial score (nSPS) is 17.5. The number of phenolic OH excluding ortho intramolecular Hbond substituents is 1. The first kappa shape index (κ1) is 23.8. The quantitative estimate of drug-likeness (QED) is 0.283. The van der Waals surface area contributed by atoms with Gasteiger partial charge >= 0.3 is 5.97 Å². The summed E-state index contributed by atoms with van der Waals surface area (Å²) in [6, 6.07) is 9.59. The molecule has 1 saturated heterocycles. The number of ether oxygens (including phenoxy) is 2. The van der Waals surface area contributed by atoms with Crippen LogP contribution in [0.4, 0.5) is 0 Å². The molecule has 1 atom stereocenters. The van der Waals surface area contributed by atoms with Gasteiger partial charge in [0.05, 0.1) is 37.0 Å². The number of likely N-dealkylation sites (tertiary alicyclic amines) is 1. The van der Waals surface area contributed by atoms with Crippen LogP contribution >= 0.6 is 0 Å². The first-order chi connectivity index (χ1) is 15.7. The van der Waals surface area contributed by atoms with Crippen molar-refractivity contribution in [2.75, 3.05) is 41.4 Å². The Hall–Kier alpha value is -3.85. The van der Waals surface area contributed by atoms with Crippen molar-refractivity contribution in [2.45, 2.75) is 6.04 Å². The van der Waals surface area contributed by atoms with Crippen LogP contribution < -0.4 is 4.74 Å². The number of phenols is 1. The maximum Gasteiger partial charge on any atom is 0.337 e. The molecule has 1 aliphatic heterocycles. The van der Waals surface area contributed by atoms with Crippen LogP contribution in [0, 0.1) is 0 Å². The molecule has 0 aromatic heterocycles. The second-order valence-corrected chi connectivity index (χ2v) is 7.79. The summed E-state index contributed by atoms with van der Waals surface area (Å²) >= 11 is 0. The van der Waals surface area contributed by atoms with Crippen LogP contribution in [0.15, 0.2) is 48.0 Å². The van der Waals surface area contributed by atoms with E-state index < -0.39 is 29.5 Å². The fourth-order valence-electron chi connectivity index (χ4n) is 3.67. The van der Waals surface area contributed by atoms with E-state index in [2.05, 4.69) is 0 Å². The van der Waals surface area contributed by atoms with E-state index in [0.717, 1.165) is 0 Å². The number of carbonyl (C=O) groups is 3. The first-order valence-electron chi connectivity index (χ1n) is 10.2. The van der Waals surface area contributed by atoms with Crippen molar-refractivity contribution >= 4 is 23.4 Å². The predicted molar refractivity (Wildman–Crippen MR) is 120 cm³/mol. The van der Waals surface area contributed by atoms with Gasteiger partial charge in [-0.05, 0) is 43.9 Å². The van der Waals surface area contributed by atoms with Gasteiger partial charge in [-0.15, -0.1) is 0 Å². The lowest BCUT2D eigenvalue weighted by atomic mass is 9.94. The van der Waals surface area contributed by atoms with Crippen LogP contribution in [0.3, 0.4) is 0 Å². The molecule has 0 radical (unpaired) electrons. The average molecular weight is 454 g/mol. The highest BCUT2D eigenvalue weighted by Crippen LogP contribution is 2.41. The number of benzene rings is 2. The third-order valence-electron chi connectivity index (χ3n) is 5.44. The van der Waals surface area contributed by atoms with Crippen LogP contribution in [0.5, 0.6) is 11.5 Å². The molecule has 1 aliphatic rings. The van der Waals surface area contributed by atoms with Gasteiger partial charge in [-0.25, -0.2) is 4.79 Å². The summed E-state index contributed by atoms with van der Waals surface area (Å²) in [5.74, 6) is -2.57. The minimum Gasteiger partial charge on any atom is -0.507 e. The number of methoxy groups -OCH3 is 2. The molecule has 0 aliphatic carbocycles. The number of amides is 1. The molecule has 9 heteroatoms. The van der Waals surface area contributed by atoms with Crippen LogP contribution in [0.2, 0.25) is 0 Å². The number of nitrogens with zero attached hydrogens (tertiary/aromatic N) is 2. The zero-order valence-corrected chi connectivity index (χ0v) is 18.9. The SMILES string of the molecule is COC(=O)c1ccc([C@H]2C(=C(O)c3ccc(OC)cc3O)C(=O)C(=O)N2CCN(C)C)cc1. The third-order valence-corrected chi connectivity index (χ3v) is 5.44. The molecule has 174 valence electrons. The minimum absolute atomic E-state index is 0.00223. The zero-order chi connectivity index (χ0) is 24.3. The first-order valence-corrected chi connectivity index (χ1v) is 10.2. The van der Waals surface area contributed by atoms with Gasteiger partial charge < -0.3 is 29.5 Å². The van der Waals surface area contributed by atoms with Crippen molar-refractivity contribution in [2.24, 2.45) is 0 Å². The molecule has 2 aromatic carbocycles. The number of aromatic hydroxyl groups is 1. The maximum atomic E-state index is 13.0. The van der Waals surface area contributed by atoms with Gasteiger partial charge in [0.25, 0.3) is 11.7 Å². The van der Waals surface area contributed by atoms with Crippen molar-refractivity contribution in [1.29, 1.82) is 0 Å². The van der Waals surface area contributed by atoms with Crippen molar-refractivity contribution in [3.8, 4) is 11.5 Å². The molecule has 1 heterocycles. The lowest BCUT2D eigenvalue weighted by Gasteiger charge is -2.26. The van der Waals surface area contributed by atoms with Gasteiger partial charge in [0.1, 0.15) is 17.3 Å². The van der Waals surface area contributed by atoms with Crippen molar-refractivity contribution in [3.05, 3.63) is 64.7 Å². The largest absolute Gasteiger partial charge is 0.507 e. The monoisotopic (exact) mass is 454 g/mol. The van der Waals surface area contributed by atoms with Gasteiger partial charge in [-0.2, -0.15) is 0 Å². The Labute approximate surface area is 191 Å². The summed E-state index contributed by atoms with van der Waals surface area (Å²) in [7, 11) is 6.38. The molecule has 0 bridgehead atoms. The number of aliphatic hydroxyl groups excluding tert-OH is 1. The second-order valence-electron chi connectivity index (χ2n) is 7.79. The molecule has 1 fully saturated rings. The Kier molecular flexibility index (Phi) is 7.03. The van der Waals surface area contributed by atoms with E-state index in [-0.39, 0.29) is 23.4 Å². The number of esters is 1. The molecule has 2 aromatic rings. The summed E-state index contributed by atoms with van der Waals surface area (Å²) in [6.07, 6.45) is 0. The highest BCUT2D eigenvalue weighted by molar-refractivity contribution is 6.46. The molecule has 33 heavy (non-hydrogen) atoms. The van der Waals surface area contributed by atoms with Crippen LogP contribution in [0.25, 0.3) is 5.76 Å². The van der Waals surface area contributed by atoms with Gasteiger partial charge in [0.15, 0.2) is 0 Å². The second kappa shape index (κ2) is 9.74. The summed E-state index contributed by atoms with van der Waals surface area (Å²) < 4.78 is 9.79.